The quantitative estimate of drug-likeness (QED) is 0.760. The van der Waals surface area contributed by atoms with Gasteiger partial charge < -0.3 is 0 Å². The van der Waals surface area contributed by atoms with Crippen LogP contribution in [0.4, 0.5) is 0 Å². The molecule has 1 fully saturated rings. The molecule has 3 rings (SSSR count). The van der Waals surface area contributed by atoms with E-state index in [0.29, 0.717) is 12.2 Å². The Morgan fingerprint density at radius 2 is 1.45 bits per heavy atom. The maximum absolute atomic E-state index is 12.1. The Kier molecular flexibility index (Phi) is 3.27. The minimum absolute atomic E-state index is 0.0442. The molecule has 100 valence electrons. The summed E-state index contributed by atoms with van der Waals surface area (Å²) in [5.74, 6) is 0.285. The van der Waals surface area contributed by atoms with Crippen LogP contribution in [-0.2, 0) is 10.2 Å². The van der Waals surface area contributed by atoms with Crippen LogP contribution in [0.2, 0.25) is 0 Å². The van der Waals surface area contributed by atoms with Crippen LogP contribution >= 0.6 is 0 Å². The summed E-state index contributed by atoms with van der Waals surface area (Å²) in [5.41, 5.74) is 2.27. The van der Waals surface area contributed by atoms with Crippen molar-refractivity contribution >= 4 is 5.78 Å². The highest BCUT2D eigenvalue weighted by Crippen LogP contribution is 2.51. The summed E-state index contributed by atoms with van der Waals surface area (Å²) in [4.78, 5) is 12.1. The number of carbonyl (C=O) groups excluding carboxylic acids is 1. The predicted molar refractivity (Wildman–Crippen MR) is 81.6 cm³/mol. The Morgan fingerprint density at radius 3 is 1.85 bits per heavy atom. The summed E-state index contributed by atoms with van der Waals surface area (Å²) in [5, 5.41) is 0. The number of hydrogen-bond acceptors (Lipinski definition) is 1. The fourth-order valence-corrected chi connectivity index (χ4v) is 3.30. The lowest BCUT2D eigenvalue weighted by Crippen LogP contribution is -2.52. The summed E-state index contributed by atoms with van der Waals surface area (Å²) in [7, 11) is 0. The van der Waals surface area contributed by atoms with Crippen molar-refractivity contribution < 1.29 is 4.79 Å². The number of benzene rings is 2. The zero-order valence-corrected chi connectivity index (χ0v) is 11.6. The second-order valence-corrected chi connectivity index (χ2v) is 5.35. The molecule has 0 radical (unpaired) electrons. The van der Waals surface area contributed by atoms with Crippen LogP contribution in [0, 0.1) is 5.92 Å². The van der Waals surface area contributed by atoms with Crippen LogP contribution in [-0.4, -0.2) is 5.78 Å². The molecule has 1 aliphatic rings. The van der Waals surface area contributed by atoms with E-state index in [9.17, 15) is 4.79 Å². The van der Waals surface area contributed by atoms with Gasteiger partial charge in [0.2, 0.25) is 0 Å². The van der Waals surface area contributed by atoms with E-state index in [-0.39, 0.29) is 11.3 Å². The normalized spacial score (nSPS) is 20.9. The third-order valence-corrected chi connectivity index (χ3v) is 4.29. The second kappa shape index (κ2) is 5.09. The fraction of sp³-hybridized carbons (Fsp3) is 0.211. The molecular formula is C19H18O. The number of rotatable bonds is 3. The van der Waals surface area contributed by atoms with Crippen molar-refractivity contribution in [2.24, 2.45) is 5.92 Å². The molecule has 1 aliphatic carbocycles. The summed E-state index contributed by atoms with van der Waals surface area (Å²) in [6.45, 7) is 1.98. The average Bonchev–Trinajstić information content (AvgIpc) is 2.52. The first kappa shape index (κ1) is 12.9. The number of hydrogen-bond donors (Lipinski definition) is 0. The lowest BCUT2D eigenvalue weighted by atomic mass is 9.53. The average molecular weight is 262 g/mol. The smallest absolute Gasteiger partial charge is 0.142 e. The van der Waals surface area contributed by atoms with Crippen LogP contribution in [0.1, 0.15) is 24.5 Å². The molecule has 0 saturated heterocycles. The van der Waals surface area contributed by atoms with E-state index >= 15 is 0 Å². The first-order chi connectivity index (χ1) is 9.79. The fourth-order valence-electron chi connectivity index (χ4n) is 3.30. The molecule has 0 aromatic heterocycles. The van der Waals surface area contributed by atoms with E-state index in [1.54, 1.807) is 0 Å². The Morgan fingerprint density at radius 1 is 0.950 bits per heavy atom. The second-order valence-electron chi connectivity index (χ2n) is 5.35. The van der Waals surface area contributed by atoms with Gasteiger partial charge in [0, 0.05) is 17.8 Å². The van der Waals surface area contributed by atoms with Crippen molar-refractivity contribution in [1.82, 2.24) is 0 Å². The molecule has 1 heteroatoms. The maximum Gasteiger partial charge on any atom is 0.142 e. The Balaban J connectivity index is 2.17. The lowest BCUT2D eigenvalue weighted by molar-refractivity contribution is -0.131. The number of allylic oxidation sites excluding steroid dienone is 2. The molecule has 1 nitrogen and oxygen atoms in total. The molecule has 2 aromatic carbocycles. The molecular weight excluding hydrogens is 244 g/mol. The van der Waals surface area contributed by atoms with E-state index in [1.165, 1.54) is 11.1 Å². The van der Waals surface area contributed by atoms with E-state index < -0.39 is 0 Å². The summed E-state index contributed by atoms with van der Waals surface area (Å²) in [6.07, 6.45) is 4.63. The molecule has 0 aliphatic heterocycles. The van der Waals surface area contributed by atoms with Gasteiger partial charge in [-0.25, -0.2) is 0 Å². The Bertz CT molecular complexity index is 586. The van der Waals surface area contributed by atoms with Gasteiger partial charge in [-0.05, 0) is 18.1 Å². The topological polar surface area (TPSA) is 17.1 Å². The van der Waals surface area contributed by atoms with Crippen LogP contribution in [0.15, 0.2) is 72.8 Å². The lowest BCUT2D eigenvalue weighted by Gasteiger charge is -2.48. The van der Waals surface area contributed by atoms with Gasteiger partial charge in [0.25, 0.3) is 0 Å². The summed E-state index contributed by atoms with van der Waals surface area (Å²) >= 11 is 0. The van der Waals surface area contributed by atoms with Crippen molar-refractivity contribution in [2.45, 2.75) is 18.8 Å². The summed E-state index contributed by atoms with van der Waals surface area (Å²) in [6, 6.07) is 20.8. The molecule has 0 amide bonds. The van der Waals surface area contributed by atoms with Gasteiger partial charge in [-0.1, -0.05) is 72.8 Å². The maximum atomic E-state index is 12.1. The highest BCUT2D eigenvalue weighted by Gasteiger charge is 2.54. The zero-order chi connectivity index (χ0) is 14.0. The van der Waals surface area contributed by atoms with Gasteiger partial charge in [-0.3, -0.25) is 4.79 Å². The summed E-state index contributed by atoms with van der Waals surface area (Å²) < 4.78 is 0. The van der Waals surface area contributed by atoms with Crippen molar-refractivity contribution in [2.75, 3.05) is 0 Å². The number of ketones is 1. The van der Waals surface area contributed by atoms with Crippen LogP contribution in [0.3, 0.4) is 0 Å². The molecule has 1 saturated carbocycles. The van der Waals surface area contributed by atoms with Crippen LogP contribution < -0.4 is 0 Å². The van der Waals surface area contributed by atoms with E-state index in [1.807, 2.05) is 31.2 Å². The van der Waals surface area contributed by atoms with Gasteiger partial charge in [-0.15, -0.1) is 0 Å². The van der Waals surface area contributed by atoms with Crippen LogP contribution in [0.5, 0.6) is 0 Å². The Labute approximate surface area is 120 Å². The molecule has 0 N–H and O–H groups in total. The molecule has 0 bridgehead atoms. The van der Waals surface area contributed by atoms with Crippen molar-refractivity contribution in [3.05, 3.63) is 83.9 Å². The van der Waals surface area contributed by atoms with Crippen molar-refractivity contribution in [3.8, 4) is 0 Å². The highest BCUT2D eigenvalue weighted by molar-refractivity contribution is 5.94. The molecule has 2 aromatic rings. The largest absolute Gasteiger partial charge is 0.299 e. The molecule has 1 unspecified atom stereocenters. The van der Waals surface area contributed by atoms with Gasteiger partial charge in [-0.2, -0.15) is 0 Å². The SMILES string of the molecule is C/C=C/C1C(=O)CC1(c1ccccc1)c1ccccc1. The van der Waals surface area contributed by atoms with Gasteiger partial charge in [0.1, 0.15) is 5.78 Å². The van der Waals surface area contributed by atoms with Gasteiger partial charge >= 0.3 is 0 Å². The van der Waals surface area contributed by atoms with E-state index in [2.05, 4.69) is 48.5 Å². The molecule has 1 atom stereocenters. The molecule has 20 heavy (non-hydrogen) atoms. The third kappa shape index (κ3) is 1.82. The number of Topliss-reactive ketones (excluding diaryl/α,β-unsaturated/α-hetero) is 1. The van der Waals surface area contributed by atoms with Gasteiger partial charge in [0.05, 0.1) is 0 Å². The minimum Gasteiger partial charge on any atom is -0.299 e. The predicted octanol–water partition coefficient (Wildman–Crippen LogP) is 4.14. The highest BCUT2D eigenvalue weighted by atomic mass is 16.1. The van der Waals surface area contributed by atoms with Crippen molar-refractivity contribution in [1.29, 1.82) is 0 Å². The number of carbonyl (C=O) groups is 1. The monoisotopic (exact) mass is 262 g/mol. The molecule has 0 heterocycles. The zero-order valence-electron chi connectivity index (χ0n) is 11.6. The third-order valence-electron chi connectivity index (χ3n) is 4.29. The first-order valence-corrected chi connectivity index (χ1v) is 7.05. The van der Waals surface area contributed by atoms with Crippen molar-refractivity contribution in [3.63, 3.8) is 0 Å². The minimum atomic E-state index is -0.188. The standard InChI is InChI=1S/C19H18O/c1-2-9-17-18(20)14-19(17,15-10-5-3-6-11-15)16-12-7-4-8-13-16/h2-13,17H,14H2,1H3/b9-2+. The first-order valence-electron chi connectivity index (χ1n) is 7.05. The van der Waals surface area contributed by atoms with Crippen LogP contribution in [0.25, 0.3) is 0 Å². The Hall–Kier alpha value is -2.15. The van der Waals surface area contributed by atoms with E-state index in [0.717, 1.165) is 0 Å². The van der Waals surface area contributed by atoms with E-state index in [4.69, 9.17) is 0 Å². The molecule has 0 spiro atoms. The van der Waals surface area contributed by atoms with Gasteiger partial charge in [0.15, 0.2) is 0 Å².